The predicted octanol–water partition coefficient (Wildman–Crippen LogP) is 12.3. The third-order valence-electron chi connectivity index (χ3n) is 10.4. The second kappa shape index (κ2) is 13.4. The van der Waals surface area contributed by atoms with Crippen LogP contribution >= 0.6 is 0 Å². The van der Waals surface area contributed by atoms with Gasteiger partial charge in [0.2, 0.25) is 5.71 Å². The molecule has 0 atom stereocenters. The van der Waals surface area contributed by atoms with Crippen molar-refractivity contribution in [3.05, 3.63) is 182 Å². The Morgan fingerprint density at radius 3 is 1.49 bits per heavy atom. The van der Waals surface area contributed by atoms with Gasteiger partial charge in [0.25, 0.3) is 0 Å². The van der Waals surface area contributed by atoms with E-state index >= 15 is 0 Å². The third kappa shape index (κ3) is 5.95. The van der Waals surface area contributed by atoms with Crippen LogP contribution < -0.4 is 0 Å². The fourth-order valence-corrected chi connectivity index (χ4v) is 7.45. The molecule has 7 nitrogen and oxygen atoms in total. The number of rotatable bonds is 6. The minimum Gasteiger partial charge on any atom is -0.434 e. The fourth-order valence-electron chi connectivity index (χ4n) is 7.45. The second-order valence-corrected chi connectivity index (χ2v) is 14.0. The van der Waals surface area contributed by atoms with E-state index in [1.54, 1.807) is 6.20 Å². The van der Waals surface area contributed by atoms with Gasteiger partial charge in [-0.25, -0.2) is 29.9 Å². The summed E-state index contributed by atoms with van der Waals surface area (Å²) in [5.74, 6) is 2.38. The van der Waals surface area contributed by atoms with E-state index in [1.165, 1.54) is 10.8 Å². The zero-order valence-electron chi connectivity index (χ0n) is 30.4. The van der Waals surface area contributed by atoms with E-state index in [1.807, 2.05) is 84.9 Å². The molecule has 0 N–H and O–H groups in total. The molecule has 0 amide bonds. The van der Waals surface area contributed by atoms with Crippen molar-refractivity contribution in [3.8, 4) is 67.9 Å². The van der Waals surface area contributed by atoms with Gasteiger partial charge >= 0.3 is 0 Å². The van der Waals surface area contributed by atoms with Crippen LogP contribution in [0.4, 0.5) is 0 Å². The minimum absolute atomic E-state index is 0.518. The Hall–Kier alpha value is -7.90. The topological polar surface area (TPSA) is 90.5 Å². The molecule has 57 heavy (non-hydrogen) atoms. The van der Waals surface area contributed by atoms with E-state index in [0.717, 1.165) is 55.1 Å². The lowest BCUT2D eigenvalue weighted by molar-refractivity contribution is 0.652. The van der Waals surface area contributed by atoms with Crippen LogP contribution in [0.5, 0.6) is 0 Å². The van der Waals surface area contributed by atoms with Gasteiger partial charge in [0.1, 0.15) is 11.2 Å². The molecule has 0 bridgehead atoms. The van der Waals surface area contributed by atoms with Crippen molar-refractivity contribution in [2.24, 2.45) is 0 Å². The van der Waals surface area contributed by atoms with Gasteiger partial charge in [0.15, 0.2) is 28.9 Å². The lowest BCUT2D eigenvalue weighted by Gasteiger charge is -2.10. The second-order valence-electron chi connectivity index (χ2n) is 14.0. The van der Waals surface area contributed by atoms with Crippen LogP contribution in [0.3, 0.4) is 0 Å². The highest BCUT2D eigenvalue weighted by Crippen LogP contribution is 2.37. The van der Waals surface area contributed by atoms with Gasteiger partial charge in [-0.15, -0.1) is 0 Å². The van der Waals surface area contributed by atoms with Crippen molar-refractivity contribution in [3.63, 3.8) is 0 Å². The van der Waals surface area contributed by atoms with Gasteiger partial charge < -0.3 is 4.42 Å². The Morgan fingerprint density at radius 2 is 0.825 bits per heavy atom. The van der Waals surface area contributed by atoms with Crippen LogP contribution in [0.15, 0.2) is 187 Å². The number of pyridine rings is 1. The molecule has 266 valence electrons. The Morgan fingerprint density at radius 1 is 0.333 bits per heavy atom. The molecule has 0 spiro atoms. The van der Waals surface area contributed by atoms with Crippen LogP contribution in [0.1, 0.15) is 0 Å². The van der Waals surface area contributed by atoms with Crippen LogP contribution in [0, 0.1) is 0 Å². The molecule has 4 heterocycles. The van der Waals surface area contributed by atoms with Gasteiger partial charge in [-0.3, -0.25) is 0 Å². The normalized spacial score (nSPS) is 11.5. The summed E-state index contributed by atoms with van der Waals surface area (Å²) in [6, 6.07) is 59.9. The molecule has 11 aromatic rings. The highest BCUT2D eigenvalue weighted by molar-refractivity contribution is 6.06. The number of benzene rings is 7. The maximum atomic E-state index is 6.36. The summed E-state index contributed by atoms with van der Waals surface area (Å²) in [5, 5.41) is 5.52. The van der Waals surface area contributed by atoms with Crippen molar-refractivity contribution in [1.82, 2.24) is 29.9 Å². The average molecular weight is 731 g/mol. The molecule has 0 aliphatic rings. The molecular formula is C50H30N6O. The zero-order valence-corrected chi connectivity index (χ0v) is 30.4. The Kier molecular flexibility index (Phi) is 7.67. The van der Waals surface area contributed by atoms with E-state index in [2.05, 4.69) is 96.0 Å². The molecule has 0 fully saturated rings. The van der Waals surface area contributed by atoms with Crippen LogP contribution in [0.25, 0.3) is 112 Å². The smallest absolute Gasteiger partial charge is 0.229 e. The summed E-state index contributed by atoms with van der Waals surface area (Å²) in [5.41, 5.74) is 9.23. The highest BCUT2D eigenvalue weighted by Gasteiger charge is 2.20. The third-order valence-corrected chi connectivity index (χ3v) is 10.4. The first kappa shape index (κ1) is 32.5. The predicted molar refractivity (Wildman–Crippen MR) is 228 cm³/mol. The Labute approximate surface area is 327 Å². The molecule has 0 saturated carbocycles. The number of furan rings is 1. The van der Waals surface area contributed by atoms with Gasteiger partial charge in [-0.1, -0.05) is 146 Å². The van der Waals surface area contributed by atoms with Crippen molar-refractivity contribution >= 4 is 43.7 Å². The minimum atomic E-state index is 0.518. The fraction of sp³-hybridized carbons (Fsp3) is 0. The molecular weight excluding hydrogens is 701 g/mol. The molecule has 0 saturated heterocycles. The van der Waals surface area contributed by atoms with Crippen molar-refractivity contribution in [2.75, 3.05) is 0 Å². The summed E-state index contributed by atoms with van der Waals surface area (Å²) in [6.07, 6.45) is 1.73. The summed E-state index contributed by atoms with van der Waals surface area (Å²) >= 11 is 0. The summed E-state index contributed by atoms with van der Waals surface area (Å²) in [7, 11) is 0. The van der Waals surface area contributed by atoms with Crippen molar-refractivity contribution < 1.29 is 4.42 Å². The molecule has 0 aliphatic heterocycles. The Balaban J connectivity index is 1.02. The summed E-state index contributed by atoms with van der Waals surface area (Å²) < 4.78 is 6.36. The van der Waals surface area contributed by atoms with Gasteiger partial charge in [-0.05, 0) is 63.0 Å². The van der Waals surface area contributed by atoms with Crippen molar-refractivity contribution in [1.29, 1.82) is 0 Å². The lowest BCUT2D eigenvalue weighted by atomic mass is 10.0. The number of fused-ring (bicyclic) bond motifs is 5. The van der Waals surface area contributed by atoms with Crippen LogP contribution in [-0.2, 0) is 0 Å². The summed E-state index contributed by atoms with van der Waals surface area (Å²) in [4.78, 5) is 29.7. The monoisotopic (exact) mass is 730 g/mol. The largest absolute Gasteiger partial charge is 0.434 e. The maximum absolute atomic E-state index is 6.36. The SMILES string of the molecule is c1ccc(-c2ccc(-c3nc(-c4ccccc4)nc(-c4ccc(-c5nc(-c6ccc7cc8ccccc8cc7c6)nc6c5oc5ncccc56)cc4)n3)cc2)cc1. The lowest BCUT2D eigenvalue weighted by Crippen LogP contribution is -2.00. The van der Waals surface area contributed by atoms with Gasteiger partial charge in [0.05, 0.1) is 5.39 Å². The number of hydrogen-bond donors (Lipinski definition) is 0. The molecule has 11 rings (SSSR count). The van der Waals surface area contributed by atoms with Crippen LogP contribution in [0.2, 0.25) is 0 Å². The Bertz CT molecular complexity index is 3270. The molecule has 7 aromatic carbocycles. The maximum Gasteiger partial charge on any atom is 0.229 e. The zero-order chi connectivity index (χ0) is 37.7. The molecule has 7 heteroatoms. The first-order chi connectivity index (χ1) is 28.2. The van der Waals surface area contributed by atoms with E-state index in [9.17, 15) is 0 Å². The van der Waals surface area contributed by atoms with E-state index in [0.29, 0.717) is 45.8 Å². The average Bonchev–Trinajstić information content (AvgIpc) is 3.67. The quantitative estimate of drug-likeness (QED) is 0.157. The standard InChI is InChI=1S/C50H30N6O/c1-3-10-31(11-4-1)32-17-21-35(22-18-32)47-54-46(34-12-5-2-6-13-34)55-48(56-47)36-23-19-33(20-24-36)43-45-44(42-16-9-27-51-50(42)57-45)53-49(52-43)40-26-25-39-28-37-14-7-8-15-38(37)29-41(39)30-40/h1-30H. The van der Waals surface area contributed by atoms with E-state index in [4.69, 9.17) is 29.3 Å². The van der Waals surface area contributed by atoms with E-state index < -0.39 is 0 Å². The van der Waals surface area contributed by atoms with Gasteiger partial charge in [0, 0.05) is 34.0 Å². The molecule has 0 aliphatic carbocycles. The number of nitrogens with zero attached hydrogens (tertiary/aromatic N) is 6. The van der Waals surface area contributed by atoms with E-state index in [-0.39, 0.29) is 0 Å². The molecule has 4 aromatic heterocycles. The van der Waals surface area contributed by atoms with Crippen molar-refractivity contribution in [2.45, 2.75) is 0 Å². The number of aromatic nitrogens is 6. The molecule has 0 radical (unpaired) electrons. The van der Waals surface area contributed by atoms with Crippen LogP contribution in [-0.4, -0.2) is 29.9 Å². The first-order valence-corrected chi connectivity index (χ1v) is 18.8. The highest BCUT2D eigenvalue weighted by atomic mass is 16.3. The van der Waals surface area contributed by atoms with Gasteiger partial charge in [-0.2, -0.15) is 0 Å². The molecule has 0 unspecified atom stereocenters. The number of hydrogen-bond acceptors (Lipinski definition) is 7. The summed E-state index contributed by atoms with van der Waals surface area (Å²) in [6.45, 7) is 0. The first-order valence-electron chi connectivity index (χ1n) is 18.8.